The van der Waals surface area contributed by atoms with E-state index in [0.717, 1.165) is 51.5 Å². The predicted molar refractivity (Wildman–Crippen MR) is 159 cm³/mol. The number of likely N-dealkylation sites (tertiary alicyclic amines) is 1. The summed E-state index contributed by atoms with van der Waals surface area (Å²) in [5.41, 5.74) is 2.25. The van der Waals surface area contributed by atoms with E-state index in [-0.39, 0.29) is 34.9 Å². The first-order chi connectivity index (χ1) is 19.6. The molecule has 0 radical (unpaired) electrons. The highest BCUT2D eigenvalue weighted by atomic mass is 16.5. The molecule has 11 atom stereocenters. The van der Waals surface area contributed by atoms with Crippen LogP contribution >= 0.6 is 0 Å². The minimum Gasteiger partial charge on any atom is -0.458 e. The van der Waals surface area contributed by atoms with E-state index in [4.69, 9.17) is 9.47 Å². The summed E-state index contributed by atoms with van der Waals surface area (Å²) in [6.45, 7) is 12.4. The van der Waals surface area contributed by atoms with Crippen molar-refractivity contribution in [2.24, 2.45) is 46.3 Å². The first-order valence-corrected chi connectivity index (χ1v) is 16.5. The van der Waals surface area contributed by atoms with Crippen LogP contribution < -0.4 is 0 Å². The van der Waals surface area contributed by atoms with E-state index in [0.29, 0.717) is 41.1 Å². The number of allylic oxidation sites excluding steroid dienone is 1. The number of piperidine rings is 1. The summed E-state index contributed by atoms with van der Waals surface area (Å²) in [4.78, 5) is 27.7. The molecule has 2 heterocycles. The van der Waals surface area contributed by atoms with Gasteiger partial charge in [0.15, 0.2) is 0 Å². The maximum Gasteiger partial charge on any atom is 0.338 e. The second-order valence-electron chi connectivity index (χ2n) is 15.3. The molecule has 5 fully saturated rings. The maximum atomic E-state index is 12.9. The monoisotopic (exact) mass is 559 g/mol. The van der Waals surface area contributed by atoms with Gasteiger partial charge in [-0.05, 0) is 104 Å². The van der Waals surface area contributed by atoms with Crippen molar-refractivity contribution in [3.63, 3.8) is 0 Å². The quantitative estimate of drug-likeness (QED) is 0.280. The Labute approximate surface area is 246 Å². The lowest BCUT2D eigenvalue weighted by atomic mass is 9.46. The topological polar surface area (TPSA) is 55.8 Å². The fraction of sp³-hybridized carbons (Fsp3) is 0.722. The van der Waals surface area contributed by atoms with Crippen LogP contribution in [-0.2, 0) is 14.3 Å². The van der Waals surface area contributed by atoms with Gasteiger partial charge in [0.2, 0.25) is 5.91 Å². The number of carbonyl (C=O) groups is 2. The van der Waals surface area contributed by atoms with Gasteiger partial charge in [0.1, 0.15) is 11.8 Å². The van der Waals surface area contributed by atoms with Crippen molar-refractivity contribution >= 4 is 11.9 Å². The molecule has 1 aromatic rings. The molecule has 0 bridgehead atoms. The maximum absolute atomic E-state index is 12.9. The van der Waals surface area contributed by atoms with Crippen molar-refractivity contribution in [2.45, 2.75) is 110 Å². The van der Waals surface area contributed by atoms with Crippen LogP contribution in [-0.4, -0.2) is 41.3 Å². The second kappa shape index (κ2) is 9.69. The zero-order valence-corrected chi connectivity index (χ0v) is 25.7. The van der Waals surface area contributed by atoms with Crippen LogP contribution in [0.5, 0.6) is 0 Å². The molecule has 4 aliphatic carbocycles. The number of ether oxygens (including phenoxy) is 2. The molecular formula is C36H49NO4. The van der Waals surface area contributed by atoms with Crippen LogP contribution in [0, 0.1) is 46.3 Å². The van der Waals surface area contributed by atoms with E-state index in [9.17, 15) is 9.59 Å². The third-order valence-corrected chi connectivity index (χ3v) is 13.4. The van der Waals surface area contributed by atoms with Crippen LogP contribution in [0.3, 0.4) is 0 Å². The summed E-state index contributed by atoms with van der Waals surface area (Å²) in [7, 11) is 0. The summed E-state index contributed by atoms with van der Waals surface area (Å²) in [6.07, 6.45) is 12.7. The molecule has 3 saturated carbocycles. The van der Waals surface area contributed by atoms with Crippen molar-refractivity contribution in [1.82, 2.24) is 4.90 Å². The van der Waals surface area contributed by atoms with Gasteiger partial charge in [0.05, 0.1) is 11.7 Å². The largest absolute Gasteiger partial charge is 0.458 e. The van der Waals surface area contributed by atoms with Crippen molar-refractivity contribution in [1.29, 1.82) is 0 Å². The van der Waals surface area contributed by atoms with Gasteiger partial charge in [-0.25, -0.2) is 4.79 Å². The van der Waals surface area contributed by atoms with Gasteiger partial charge in [-0.2, -0.15) is 0 Å². The Bertz CT molecular complexity index is 1240. The first-order valence-electron chi connectivity index (χ1n) is 16.5. The number of nitrogens with zero attached hydrogens (tertiary/aromatic N) is 1. The highest BCUT2D eigenvalue weighted by Gasteiger charge is 2.69. The van der Waals surface area contributed by atoms with E-state index < -0.39 is 5.72 Å². The summed E-state index contributed by atoms with van der Waals surface area (Å²) in [6, 6.07) is 9.41. The van der Waals surface area contributed by atoms with E-state index in [1.54, 1.807) is 6.92 Å². The van der Waals surface area contributed by atoms with Crippen LogP contribution in [0.4, 0.5) is 0 Å². The third-order valence-electron chi connectivity index (χ3n) is 13.4. The first kappa shape index (κ1) is 27.7. The highest BCUT2D eigenvalue weighted by molar-refractivity contribution is 5.89. The van der Waals surface area contributed by atoms with Crippen molar-refractivity contribution < 1.29 is 19.1 Å². The number of esters is 1. The van der Waals surface area contributed by atoms with Gasteiger partial charge in [-0.1, -0.05) is 57.5 Å². The molecular weight excluding hydrogens is 510 g/mol. The average molecular weight is 560 g/mol. The van der Waals surface area contributed by atoms with Gasteiger partial charge in [0, 0.05) is 25.8 Å². The molecule has 222 valence electrons. The lowest BCUT2D eigenvalue weighted by Gasteiger charge is -2.59. The van der Waals surface area contributed by atoms with E-state index in [1.165, 1.54) is 18.4 Å². The summed E-state index contributed by atoms with van der Waals surface area (Å²) >= 11 is 0. The van der Waals surface area contributed by atoms with Crippen LogP contribution in [0.25, 0.3) is 0 Å². The molecule has 0 aromatic heterocycles. The van der Waals surface area contributed by atoms with E-state index >= 15 is 0 Å². The zero-order chi connectivity index (χ0) is 28.7. The number of benzene rings is 1. The minimum atomic E-state index is -0.403. The number of fused-ring (bicyclic) bond motifs is 7. The Morgan fingerprint density at radius 1 is 1.00 bits per heavy atom. The Kier molecular flexibility index (Phi) is 6.54. The van der Waals surface area contributed by atoms with Crippen LogP contribution in [0.2, 0.25) is 0 Å². The lowest BCUT2D eigenvalue weighted by Crippen LogP contribution is -2.60. The Hall–Kier alpha value is -2.14. The van der Waals surface area contributed by atoms with E-state index in [1.807, 2.05) is 30.3 Å². The standard InChI is InChI=1S/C36H49NO4/c1-22-13-18-36(37(21-22)24(3)38)23(2)32-31(41-36)20-30-28-12-11-26-19-27(40-33(39)25-9-7-6-8-10-25)14-16-34(26,4)29(28)15-17-35(30,32)5/h6-11,22-23,27-32H,12-21H2,1-5H3/t22-,23-,27-,28+,29+,30-,31-,32+,34-,35-,36-/m0/s1. The molecule has 0 unspecified atom stereocenters. The van der Waals surface area contributed by atoms with Crippen LogP contribution in [0.1, 0.15) is 103 Å². The molecule has 0 N–H and O–H groups in total. The number of hydrogen-bond donors (Lipinski definition) is 0. The molecule has 2 saturated heterocycles. The Balaban J connectivity index is 1.09. The molecule has 1 amide bonds. The molecule has 7 rings (SSSR count). The highest BCUT2D eigenvalue weighted by Crippen LogP contribution is 2.70. The predicted octanol–water partition coefficient (Wildman–Crippen LogP) is 7.41. The number of amides is 1. The van der Waals surface area contributed by atoms with Crippen LogP contribution in [0.15, 0.2) is 42.0 Å². The van der Waals surface area contributed by atoms with Crippen molar-refractivity contribution in [3.8, 4) is 0 Å². The van der Waals surface area contributed by atoms with Gasteiger partial charge in [0.25, 0.3) is 0 Å². The summed E-state index contributed by atoms with van der Waals surface area (Å²) < 4.78 is 13.2. The van der Waals surface area contributed by atoms with Crippen molar-refractivity contribution in [3.05, 3.63) is 47.5 Å². The number of hydrogen-bond acceptors (Lipinski definition) is 4. The molecule has 41 heavy (non-hydrogen) atoms. The fourth-order valence-electron chi connectivity index (χ4n) is 11.4. The molecule has 6 aliphatic rings. The lowest BCUT2D eigenvalue weighted by molar-refractivity contribution is -0.200. The molecule has 5 heteroatoms. The number of carbonyl (C=O) groups excluding carboxylic acids is 2. The normalized spacial score (nSPS) is 46.7. The number of rotatable bonds is 2. The van der Waals surface area contributed by atoms with Gasteiger partial charge < -0.3 is 14.4 Å². The zero-order valence-electron chi connectivity index (χ0n) is 25.7. The Morgan fingerprint density at radius 3 is 2.54 bits per heavy atom. The minimum absolute atomic E-state index is 0.0221. The summed E-state index contributed by atoms with van der Waals surface area (Å²) in [5, 5.41) is 0. The SMILES string of the molecule is CC(=O)N1C[C@@H](C)CC[C@@]12O[C@H]1C[C@H]3[C@@H]4CC=C5C[C@@H](OC(=O)c6ccccc6)CC[C@]5(C)[C@@H]4CC[C@]3(C)[C@@H]1[C@@H]2C. The van der Waals surface area contributed by atoms with Crippen molar-refractivity contribution in [2.75, 3.05) is 6.54 Å². The average Bonchev–Trinajstić information content (AvgIpc) is 3.40. The van der Waals surface area contributed by atoms with Gasteiger partial charge in [-0.15, -0.1) is 0 Å². The van der Waals surface area contributed by atoms with Gasteiger partial charge >= 0.3 is 5.97 Å². The molecule has 1 aromatic carbocycles. The smallest absolute Gasteiger partial charge is 0.338 e. The molecule has 2 aliphatic heterocycles. The summed E-state index contributed by atoms with van der Waals surface area (Å²) in [5.74, 6) is 3.48. The third kappa shape index (κ3) is 4.03. The Morgan fingerprint density at radius 2 is 1.78 bits per heavy atom. The second-order valence-corrected chi connectivity index (χ2v) is 15.3. The fourth-order valence-corrected chi connectivity index (χ4v) is 11.4. The molecule has 1 spiro atoms. The van der Waals surface area contributed by atoms with Gasteiger partial charge in [-0.3, -0.25) is 4.79 Å². The molecule has 5 nitrogen and oxygen atoms in total. The van der Waals surface area contributed by atoms with E-state index in [2.05, 4.69) is 38.7 Å².